The highest BCUT2D eigenvalue weighted by atomic mass is 16.3. The van der Waals surface area contributed by atoms with E-state index in [9.17, 15) is 9.90 Å². The lowest BCUT2D eigenvalue weighted by molar-refractivity contribution is -0.104. The zero-order valence-electron chi connectivity index (χ0n) is 15.0. The van der Waals surface area contributed by atoms with E-state index in [1.807, 2.05) is 51.2 Å². The maximum absolute atomic E-state index is 10.4. The van der Waals surface area contributed by atoms with Gasteiger partial charge in [-0.15, -0.1) is 0 Å². The molecule has 1 rings (SSSR count). The molecule has 4 heteroatoms. The van der Waals surface area contributed by atoms with E-state index >= 15 is 0 Å². The lowest BCUT2D eigenvalue weighted by Crippen LogP contribution is -2.21. The van der Waals surface area contributed by atoms with Crippen molar-refractivity contribution >= 4 is 6.29 Å². The summed E-state index contributed by atoms with van der Waals surface area (Å²) in [6.45, 7) is 9.78. The highest BCUT2D eigenvalue weighted by Crippen LogP contribution is 2.43. The minimum absolute atomic E-state index is 0.0487. The Kier molecular flexibility index (Phi) is 6.67. The van der Waals surface area contributed by atoms with Gasteiger partial charge in [-0.2, -0.15) is 0 Å². The van der Waals surface area contributed by atoms with E-state index in [0.717, 1.165) is 28.6 Å². The Bertz CT molecular complexity index is 736. The van der Waals surface area contributed by atoms with Crippen LogP contribution in [0.25, 0.3) is 4.98 Å². The maximum Gasteiger partial charge on any atom is 0.403 e. The SMILES string of the molecule is CC1=C(/C=C/C(C)=C/C=C/C(C)=C/C=O)C(C)(C)CC([N+]#N)=C1O. The van der Waals surface area contributed by atoms with Crippen LogP contribution in [0.5, 0.6) is 0 Å². The van der Waals surface area contributed by atoms with Crippen molar-refractivity contribution in [2.45, 2.75) is 41.0 Å². The number of aliphatic hydroxyl groups is 1. The second-order valence-electron chi connectivity index (χ2n) is 6.64. The predicted molar refractivity (Wildman–Crippen MR) is 97.7 cm³/mol. The van der Waals surface area contributed by atoms with Gasteiger partial charge in [0, 0.05) is 11.0 Å². The van der Waals surface area contributed by atoms with E-state index in [2.05, 4.69) is 18.8 Å². The van der Waals surface area contributed by atoms with E-state index in [1.54, 1.807) is 0 Å². The van der Waals surface area contributed by atoms with Gasteiger partial charge in [0.15, 0.2) is 4.98 Å². The van der Waals surface area contributed by atoms with Crippen molar-refractivity contribution in [1.29, 1.82) is 5.39 Å². The van der Waals surface area contributed by atoms with Gasteiger partial charge in [0.05, 0.1) is 6.42 Å². The van der Waals surface area contributed by atoms with Crippen molar-refractivity contribution < 1.29 is 9.90 Å². The average Bonchev–Trinajstić information content (AvgIpc) is 2.50. The monoisotopic (exact) mass is 325 g/mol. The molecule has 1 aliphatic rings. The number of rotatable bonds is 5. The Hall–Kier alpha value is -2.67. The van der Waals surface area contributed by atoms with E-state index in [0.29, 0.717) is 12.1 Å². The molecule has 1 N–H and O–H groups in total. The standard InChI is InChI=1S/C20H24N2O2/c1-14(7-6-8-15(2)11-12-23)9-10-17-16(3)19(24)18(22-21)13-20(17,4)5/h6-12H,13H2,1-5H3/p+1/b8-6+,10-9+,14-7+,15-11+. The van der Waals surface area contributed by atoms with Crippen LogP contribution in [0, 0.1) is 10.8 Å². The average molecular weight is 325 g/mol. The van der Waals surface area contributed by atoms with Gasteiger partial charge in [-0.05, 0) is 38.0 Å². The molecule has 0 heterocycles. The van der Waals surface area contributed by atoms with Crippen LogP contribution in [-0.2, 0) is 4.79 Å². The lowest BCUT2D eigenvalue weighted by atomic mass is 9.73. The quantitative estimate of drug-likeness (QED) is 0.311. The molecule has 0 saturated heterocycles. The van der Waals surface area contributed by atoms with Crippen LogP contribution < -0.4 is 0 Å². The maximum atomic E-state index is 10.4. The van der Waals surface area contributed by atoms with Gasteiger partial charge >= 0.3 is 5.70 Å². The first-order chi connectivity index (χ1) is 11.2. The molecule has 0 fully saturated rings. The number of allylic oxidation sites excluding steroid dienone is 11. The molecular weight excluding hydrogens is 300 g/mol. The van der Waals surface area contributed by atoms with Crippen molar-refractivity contribution in [3.8, 4) is 0 Å². The van der Waals surface area contributed by atoms with Gasteiger partial charge in [0.2, 0.25) is 11.2 Å². The number of aliphatic hydroxyl groups excluding tert-OH is 1. The molecule has 0 saturated carbocycles. The summed E-state index contributed by atoms with van der Waals surface area (Å²) in [7, 11) is 0. The molecule has 0 aromatic rings. The zero-order valence-corrected chi connectivity index (χ0v) is 15.0. The van der Waals surface area contributed by atoms with E-state index < -0.39 is 0 Å². The highest BCUT2D eigenvalue weighted by molar-refractivity contribution is 5.67. The summed E-state index contributed by atoms with van der Waals surface area (Å²) in [6, 6.07) is 0. The fraction of sp³-hybridized carbons (Fsp3) is 0.350. The van der Waals surface area contributed by atoms with Crippen LogP contribution >= 0.6 is 0 Å². The summed E-state index contributed by atoms with van der Waals surface area (Å²) in [5, 5.41) is 19.2. The first-order valence-electron chi connectivity index (χ1n) is 7.87. The van der Waals surface area contributed by atoms with Crippen LogP contribution in [0.15, 0.2) is 70.2 Å². The topological polar surface area (TPSA) is 65.5 Å². The molecule has 0 amide bonds. The van der Waals surface area contributed by atoms with Crippen LogP contribution in [0.4, 0.5) is 0 Å². The van der Waals surface area contributed by atoms with Gasteiger partial charge in [0.25, 0.3) is 0 Å². The number of carbonyl (C=O) groups is 1. The van der Waals surface area contributed by atoms with Crippen molar-refractivity contribution in [2.24, 2.45) is 5.41 Å². The molecule has 0 aromatic heterocycles. The third-order valence-corrected chi connectivity index (χ3v) is 4.05. The fourth-order valence-corrected chi connectivity index (χ4v) is 2.67. The molecule has 1 aliphatic carbocycles. The predicted octanol–water partition coefficient (Wildman–Crippen LogP) is 5.56. The Morgan fingerprint density at radius 2 is 1.83 bits per heavy atom. The minimum atomic E-state index is -0.228. The zero-order chi connectivity index (χ0) is 18.3. The number of carbonyl (C=O) groups excluding carboxylic acids is 1. The van der Waals surface area contributed by atoms with E-state index in [-0.39, 0.29) is 11.2 Å². The Morgan fingerprint density at radius 3 is 2.42 bits per heavy atom. The van der Waals surface area contributed by atoms with Crippen LogP contribution in [-0.4, -0.2) is 11.4 Å². The summed E-state index contributed by atoms with van der Waals surface area (Å²) < 4.78 is 0. The van der Waals surface area contributed by atoms with Gasteiger partial charge < -0.3 is 5.11 Å². The lowest BCUT2D eigenvalue weighted by Gasteiger charge is -2.28. The summed E-state index contributed by atoms with van der Waals surface area (Å²) in [4.78, 5) is 13.6. The van der Waals surface area contributed by atoms with Crippen LogP contribution in [0.1, 0.15) is 41.0 Å². The number of diazo groups is 1. The number of hydrogen-bond donors (Lipinski definition) is 1. The van der Waals surface area contributed by atoms with Gasteiger partial charge in [-0.1, -0.05) is 49.8 Å². The van der Waals surface area contributed by atoms with Gasteiger partial charge in [-0.25, -0.2) is 0 Å². The summed E-state index contributed by atoms with van der Waals surface area (Å²) >= 11 is 0. The molecule has 0 spiro atoms. The Morgan fingerprint density at radius 1 is 1.21 bits per heavy atom. The highest BCUT2D eigenvalue weighted by Gasteiger charge is 2.38. The molecule has 4 nitrogen and oxygen atoms in total. The van der Waals surface area contributed by atoms with Gasteiger partial charge in [0.1, 0.15) is 6.29 Å². The Labute approximate surface area is 143 Å². The molecule has 0 unspecified atom stereocenters. The fourth-order valence-electron chi connectivity index (χ4n) is 2.67. The molecule has 0 radical (unpaired) electrons. The third kappa shape index (κ3) is 4.92. The molecular formula is C20H25N2O2+. The van der Waals surface area contributed by atoms with Gasteiger partial charge in [-0.3, -0.25) is 4.79 Å². The third-order valence-electron chi connectivity index (χ3n) is 4.05. The summed E-state index contributed by atoms with van der Waals surface area (Å²) in [6.07, 6.45) is 12.4. The summed E-state index contributed by atoms with van der Waals surface area (Å²) in [5.41, 5.74) is 3.77. The number of nitrogens with zero attached hydrogens (tertiary/aromatic N) is 2. The van der Waals surface area contributed by atoms with Crippen molar-refractivity contribution in [3.63, 3.8) is 0 Å². The van der Waals surface area contributed by atoms with Crippen LogP contribution in [0.2, 0.25) is 0 Å². The number of aldehydes is 1. The van der Waals surface area contributed by atoms with Crippen molar-refractivity contribution in [1.82, 2.24) is 0 Å². The second-order valence-corrected chi connectivity index (χ2v) is 6.64. The largest absolute Gasteiger partial charge is 0.501 e. The normalized spacial score (nSPS) is 19.3. The molecule has 0 bridgehead atoms. The van der Waals surface area contributed by atoms with E-state index in [1.165, 1.54) is 6.08 Å². The molecule has 0 atom stereocenters. The molecule has 0 aliphatic heterocycles. The first-order valence-corrected chi connectivity index (χ1v) is 7.87. The second kappa shape index (κ2) is 8.26. The molecule has 24 heavy (non-hydrogen) atoms. The van der Waals surface area contributed by atoms with Crippen LogP contribution in [0.3, 0.4) is 0 Å². The Balaban J connectivity index is 3.06. The van der Waals surface area contributed by atoms with Crippen molar-refractivity contribution in [2.75, 3.05) is 0 Å². The van der Waals surface area contributed by atoms with Crippen molar-refractivity contribution in [3.05, 3.63) is 75.2 Å². The first kappa shape index (κ1) is 19.4. The summed E-state index contributed by atoms with van der Waals surface area (Å²) in [5.74, 6) is 0.0487. The smallest absolute Gasteiger partial charge is 0.403 e. The molecule has 126 valence electrons. The minimum Gasteiger partial charge on any atom is -0.501 e. The number of hydrogen-bond acceptors (Lipinski definition) is 3. The molecule has 0 aromatic carbocycles. The van der Waals surface area contributed by atoms with E-state index in [4.69, 9.17) is 5.39 Å².